The van der Waals surface area contributed by atoms with Gasteiger partial charge in [-0.3, -0.25) is 0 Å². The smallest absolute Gasteiger partial charge is 0.166 e. The van der Waals surface area contributed by atoms with E-state index in [1.165, 1.54) is 6.08 Å². The second-order valence-corrected chi connectivity index (χ2v) is 2.88. The van der Waals surface area contributed by atoms with Gasteiger partial charge in [-0.05, 0) is 6.42 Å². The summed E-state index contributed by atoms with van der Waals surface area (Å²) in [6, 6.07) is 0. The van der Waals surface area contributed by atoms with Crippen molar-refractivity contribution in [3.8, 4) is 0 Å². The van der Waals surface area contributed by atoms with E-state index in [0.29, 0.717) is 6.42 Å². The van der Waals surface area contributed by atoms with Crippen molar-refractivity contribution in [3.05, 3.63) is 22.2 Å². The fourth-order valence-electron chi connectivity index (χ4n) is 0.729. The molecule has 4 heteroatoms. The van der Waals surface area contributed by atoms with Crippen LogP contribution in [-0.2, 0) is 0 Å². The Kier molecular flexibility index (Phi) is 1.90. The molecule has 0 N–H and O–H groups in total. The molecule has 0 nitrogen and oxygen atoms in total. The van der Waals surface area contributed by atoms with Crippen molar-refractivity contribution in [1.82, 2.24) is 0 Å². The molecule has 0 radical (unpaired) electrons. The standard InChI is InChI=1S/C6H4BrF3/c7-5-3-1-2-4(5)6(8,9)10/h1-2H,3H2. The lowest BCUT2D eigenvalue weighted by Crippen LogP contribution is -2.09. The van der Waals surface area contributed by atoms with Crippen molar-refractivity contribution in [3.63, 3.8) is 0 Å². The van der Waals surface area contributed by atoms with Crippen LogP contribution in [0, 0.1) is 0 Å². The first-order valence-corrected chi connectivity index (χ1v) is 3.43. The van der Waals surface area contributed by atoms with Gasteiger partial charge in [-0.2, -0.15) is 13.2 Å². The zero-order valence-corrected chi connectivity index (χ0v) is 6.46. The fraction of sp³-hybridized carbons (Fsp3) is 0.333. The highest BCUT2D eigenvalue weighted by Crippen LogP contribution is 2.36. The van der Waals surface area contributed by atoms with E-state index in [9.17, 15) is 13.2 Å². The molecule has 1 aliphatic rings. The van der Waals surface area contributed by atoms with Crippen LogP contribution in [0.15, 0.2) is 22.2 Å². The van der Waals surface area contributed by atoms with Crippen LogP contribution in [0.1, 0.15) is 6.42 Å². The predicted molar refractivity (Wildman–Crippen MR) is 35.8 cm³/mol. The Morgan fingerprint density at radius 2 is 2.00 bits per heavy atom. The van der Waals surface area contributed by atoms with E-state index >= 15 is 0 Å². The molecular formula is C6H4BrF3. The monoisotopic (exact) mass is 212 g/mol. The van der Waals surface area contributed by atoms with Gasteiger partial charge in [-0.25, -0.2) is 0 Å². The van der Waals surface area contributed by atoms with Crippen LogP contribution in [0.5, 0.6) is 0 Å². The summed E-state index contributed by atoms with van der Waals surface area (Å²) < 4.78 is 35.8. The van der Waals surface area contributed by atoms with Gasteiger partial charge in [0.25, 0.3) is 0 Å². The first kappa shape index (κ1) is 7.85. The van der Waals surface area contributed by atoms with Gasteiger partial charge in [0.1, 0.15) is 0 Å². The van der Waals surface area contributed by atoms with E-state index in [2.05, 4.69) is 15.9 Å². The highest BCUT2D eigenvalue weighted by atomic mass is 79.9. The van der Waals surface area contributed by atoms with Crippen LogP contribution in [0.25, 0.3) is 0 Å². The number of hydrogen-bond acceptors (Lipinski definition) is 0. The van der Waals surface area contributed by atoms with Crippen molar-refractivity contribution < 1.29 is 13.2 Å². The zero-order chi connectivity index (χ0) is 7.78. The second-order valence-electron chi connectivity index (χ2n) is 1.92. The molecule has 0 aromatic carbocycles. The van der Waals surface area contributed by atoms with Crippen LogP contribution in [-0.4, -0.2) is 6.18 Å². The van der Waals surface area contributed by atoms with Crippen LogP contribution in [0.3, 0.4) is 0 Å². The molecule has 0 saturated heterocycles. The van der Waals surface area contributed by atoms with E-state index < -0.39 is 11.7 Å². The zero-order valence-electron chi connectivity index (χ0n) is 4.87. The van der Waals surface area contributed by atoms with Gasteiger partial charge in [-0.1, -0.05) is 28.1 Å². The predicted octanol–water partition coefficient (Wildman–Crippen LogP) is 3.16. The molecule has 1 rings (SSSR count). The van der Waals surface area contributed by atoms with Gasteiger partial charge >= 0.3 is 6.18 Å². The largest absolute Gasteiger partial charge is 0.417 e. The van der Waals surface area contributed by atoms with Gasteiger partial charge in [0.2, 0.25) is 0 Å². The third-order valence-corrected chi connectivity index (χ3v) is 1.93. The highest BCUT2D eigenvalue weighted by Gasteiger charge is 2.35. The summed E-state index contributed by atoms with van der Waals surface area (Å²) in [7, 11) is 0. The Morgan fingerprint density at radius 3 is 2.20 bits per heavy atom. The second kappa shape index (κ2) is 2.42. The summed E-state index contributed by atoms with van der Waals surface area (Å²) in [6.45, 7) is 0. The van der Waals surface area contributed by atoms with E-state index in [0.717, 1.165) is 6.08 Å². The van der Waals surface area contributed by atoms with Crippen LogP contribution in [0.2, 0.25) is 0 Å². The SMILES string of the molecule is FC(F)(F)C1=C(Br)CC=C1. The minimum Gasteiger partial charge on any atom is -0.166 e. The third kappa shape index (κ3) is 1.42. The van der Waals surface area contributed by atoms with Gasteiger partial charge in [0.05, 0.1) is 5.57 Å². The maximum absolute atomic E-state index is 11.9. The topological polar surface area (TPSA) is 0 Å². The van der Waals surface area contributed by atoms with E-state index in [1.807, 2.05) is 0 Å². The molecule has 0 saturated carbocycles. The minimum absolute atomic E-state index is 0.222. The lowest BCUT2D eigenvalue weighted by molar-refractivity contribution is -0.0882. The van der Waals surface area contributed by atoms with Crippen molar-refractivity contribution >= 4 is 15.9 Å². The average molecular weight is 213 g/mol. The fourth-order valence-corrected chi connectivity index (χ4v) is 1.27. The molecule has 10 heavy (non-hydrogen) atoms. The van der Waals surface area contributed by atoms with Gasteiger partial charge in [-0.15, -0.1) is 0 Å². The van der Waals surface area contributed by atoms with E-state index in [-0.39, 0.29) is 4.48 Å². The first-order valence-electron chi connectivity index (χ1n) is 2.64. The maximum Gasteiger partial charge on any atom is 0.417 e. The van der Waals surface area contributed by atoms with E-state index in [4.69, 9.17) is 0 Å². The number of halogens is 4. The normalized spacial score (nSPS) is 18.8. The molecule has 1 aliphatic carbocycles. The quantitative estimate of drug-likeness (QED) is 0.579. The summed E-state index contributed by atoms with van der Waals surface area (Å²) in [5.74, 6) is 0. The van der Waals surface area contributed by atoms with Crippen LogP contribution in [0.4, 0.5) is 13.2 Å². The number of allylic oxidation sites excluding steroid dienone is 4. The molecule has 0 unspecified atom stereocenters. The summed E-state index contributed by atoms with van der Waals surface area (Å²) >= 11 is 2.84. The van der Waals surface area contributed by atoms with Crippen LogP contribution >= 0.6 is 15.9 Å². The molecule has 0 fully saturated rings. The summed E-state index contributed by atoms with van der Waals surface area (Å²) in [5.41, 5.74) is -0.563. The minimum atomic E-state index is -4.20. The molecule has 56 valence electrons. The molecule has 0 atom stereocenters. The molecule has 0 amide bonds. The van der Waals surface area contributed by atoms with Crippen molar-refractivity contribution in [2.24, 2.45) is 0 Å². The van der Waals surface area contributed by atoms with Crippen molar-refractivity contribution in [1.29, 1.82) is 0 Å². The number of hydrogen-bond donors (Lipinski definition) is 0. The number of alkyl halides is 3. The molecule has 0 aliphatic heterocycles. The van der Waals surface area contributed by atoms with Gasteiger partial charge in [0, 0.05) is 4.48 Å². The Labute approximate surface area is 64.5 Å². The molecule has 0 heterocycles. The summed E-state index contributed by atoms with van der Waals surface area (Å²) in [5, 5.41) is 0. The molecular weight excluding hydrogens is 209 g/mol. The first-order chi connectivity index (χ1) is 4.52. The van der Waals surface area contributed by atoms with Gasteiger partial charge < -0.3 is 0 Å². The molecule has 0 bridgehead atoms. The Morgan fingerprint density at radius 1 is 1.40 bits per heavy atom. The Bertz CT molecular complexity index is 200. The van der Waals surface area contributed by atoms with Gasteiger partial charge in [0.15, 0.2) is 0 Å². The van der Waals surface area contributed by atoms with E-state index in [1.54, 1.807) is 0 Å². The maximum atomic E-state index is 11.9. The highest BCUT2D eigenvalue weighted by molar-refractivity contribution is 9.11. The Balaban J connectivity index is 2.91. The average Bonchev–Trinajstić information content (AvgIpc) is 2.11. The van der Waals surface area contributed by atoms with Crippen molar-refractivity contribution in [2.45, 2.75) is 12.6 Å². The summed E-state index contributed by atoms with van der Waals surface area (Å²) in [4.78, 5) is 0. The Hall–Kier alpha value is -0.250. The molecule has 0 aromatic rings. The molecule has 0 spiro atoms. The third-order valence-electron chi connectivity index (χ3n) is 1.18. The lowest BCUT2D eigenvalue weighted by atomic mass is 10.3. The lowest BCUT2D eigenvalue weighted by Gasteiger charge is -2.05. The molecule has 0 aromatic heterocycles. The summed E-state index contributed by atoms with van der Waals surface area (Å²) in [6.07, 6.45) is -1.28. The number of rotatable bonds is 0. The van der Waals surface area contributed by atoms with Crippen LogP contribution < -0.4 is 0 Å². The van der Waals surface area contributed by atoms with Crippen molar-refractivity contribution in [2.75, 3.05) is 0 Å².